The second kappa shape index (κ2) is 10.8. The third-order valence-corrected chi connectivity index (χ3v) is 7.56. The zero-order valence-corrected chi connectivity index (χ0v) is 22.8. The van der Waals surface area contributed by atoms with Crippen molar-refractivity contribution in [2.24, 2.45) is 4.99 Å². The molecule has 3 aromatic carbocycles. The lowest BCUT2D eigenvalue weighted by molar-refractivity contribution is -0.139. The fraction of sp³-hybridized carbons (Fsp3) is 0.258. The van der Waals surface area contributed by atoms with Gasteiger partial charge in [-0.15, -0.1) is 0 Å². The summed E-state index contributed by atoms with van der Waals surface area (Å²) in [6, 6.07) is 19.3. The van der Waals surface area contributed by atoms with Crippen molar-refractivity contribution in [3.63, 3.8) is 0 Å². The molecule has 0 aliphatic carbocycles. The Morgan fingerprint density at radius 1 is 1.05 bits per heavy atom. The van der Waals surface area contributed by atoms with Gasteiger partial charge in [-0.05, 0) is 55.7 Å². The molecule has 4 aromatic rings. The van der Waals surface area contributed by atoms with Crippen LogP contribution < -0.4 is 19.6 Å². The molecule has 1 atom stereocenters. The number of hydrogen-bond acceptors (Lipinski definition) is 6. The highest BCUT2D eigenvalue weighted by Crippen LogP contribution is 2.32. The van der Waals surface area contributed by atoms with Gasteiger partial charge in [0.1, 0.15) is 5.75 Å². The molecule has 194 valence electrons. The van der Waals surface area contributed by atoms with Gasteiger partial charge >= 0.3 is 5.97 Å². The standard InChI is InChI=1S/C31H30N2O4S/c1-5-17-37-25-16-15-21-9-7-8-10-23(21)24(25)18-26-29(34)33-28(22-13-11-19(3)12-14-22)27(30(35)36-6-2)20(4)32-31(33)38-26/h7-16,18,28H,5-6,17H2,1-4H3/b26-18+/t28-/m1/s1. The first-order chi connectivity index (χ1) is 18.4. The lowest BCUT2D eigenvalue weighted by atomic mass is 9.95. The molecule has 5 rings (SSSR count). The number of nitrogens with zero attached hydrogens (tertiary/aromatic N) is 2. The van der Waals surface area contributed by atoms with Crippen LogP contribution in [0.15, 0.2) is 81.7 Å². The number of aryl methyl sites for hydroxylation is 1. The summed E-state index contributed by atoms with van der Waals surface area (Å²) in [5.74, 6) is 0.271. The zero-order valence-electron chi connectivity index (χ0n) is 22.0. The fourth-order valence-corrected chi connectivity index (χ4v) is 5.78. The van der Waals surface area contributed by atoms with E-state index in [9.17, 15) is 9.59 Å². The molecule has 0 saturated heterocycles. The Labute approximate surface area is 225 Å². The average molecular weight is 527 g/mol. The van der Waals surface area contributed by atoms with Crippen molar-refractivity contribution in [2.75, 3.05) is 13.2 Å². The lowest BCUT2D eigenvalue weighted by Crippen LogP contribution is -2.39. The average Bonchev–Trinajstić information content (AvgIpc) is 3.22. The third kappa shape index (κ3) is 4.70. The molecule has 0 spiro atoms. The second-order valence-corrected chi connectivity index (χ2v) is 10.3. The normalized spacial score (nSPS) is 15.4. The minimum absolute atomic E-state index is 0.206. The van der Waals surface area contributed by atoms with Crippen LogP contribution in [-0.4, -0.2) is 23.8 Å². The number of allylic oxidation sites excluding steroid dienone is 1. The summed E-state index contributed by atoms with van der Waals surface area (Å²) in [4.78, 5) is 32.4. The van der Waals surface area contributed by atoms with Crippen molar-refractivity contribution < 1.29 is 14.3 Å². The molecule has 1 aliphatic heterocycles. The molecular formula is C31H30N2O4S. The van der Waals surface area contributed by atoms with Crippen LogP contribution in [0.25, 0.3) is 16.8 Å². The minimum Gasteiger partial charge on any atom is -0.493 e. The molecule has 6 nitrogen and oxygen atoms in total. The van der Waals surface area contributed by atoms with Crippen LogP contribution >= 0.6 is 11.3 Å². The first-order valence-electron chi connectivity index (χ1n) is 12.8. The number of ether oxygens (including phenoxy) is 2. The topological polar surface area (TPSA) is 69.9 Å². The van der Waals surface area contributed by atoms with E-state index in [0.717, 1.165) is 39.6 Å². The number of aromatic nitrogens is 1. The summed E-state index contributed by atoms with van der Waals surface area (Å²) in [5, 5.41) is 2.07. The summed E-state index contributed by atoms with van der Waals surface area (Å²) < 4.78 is 13.6. The second-order valence-electron chi connectivity index (χ2n) is 9.26. The van der Waals surface area contributed by atoms with Gasteiger partial charge in [0.05, 0.1) is 35.1 Å². The number of rotatable bonds is 7. The van der Waals surface area contributed by atoms with E-state index < -0.39 is 12.0 Å². The Bertz CT molecular complexity index is 1730. The van der Waals surface area contributed by atoms with E-state index in [-0.39, 0.29) is 12.2 Å². The van der Waals surface area contributed by atoms with Crippen LogP contribution in [0.3, 0.4) is 0 Å². The highest BCUT2D eigenvalue weighted by atomic mass is 32.1. The van der Waals surface area contributed by atoms with Gasteiger partial charge in [-0.1, -0.05) is 78.4 Å². The highest BCUT2D eigenvalue weighted by molar-refractivity contribution is 7.07. The van der Waals surface area contributed by atoms with Gasteiger partial charge < -0.3 is 9.47 Å². The summed E-state index contributed by atoms with van der Waals surface area (Å²) in [6.07, 6.45) is 2.77. The molecule has 0 bridgehead atoms. The van der Waals surface area contributed by atoms with E-state index in [1.807, 2.05) is 73.7 Å². The monoisotopic (exact) mass is 526 g/mol. The fourth-order valence-electron chi connectivity index (χ4n) is 4.75. The minimum atomic E-state index is -0.628. The molecule has 0 radical (unpaired) electrons. The van der Waals surface area contributed by atoms with Gasteiger partial charge in [-0.25, -0.2) is 9.79 Å². The van der Waals surface area contributed by atoms with Gasteiger partial charge in [0.2, 0.25) is 0 Å². The maximum absolute atomic E-state index is 14.0. The largest absolute Gasteiger partial charge is 0.493 e. The number of fused-ring (bicyclic) bond motifs is 2. The molecule has 0 unspecified atom stereocenters. The van der Waals surface area contributed by atoms with E-state index in [1.54, 1.807) is 18.4 Å². The Morgan fingerprint density at radius 2 is 1.82 bits per heavy atom. The van der Waals surface area contributed by atoms with Crippen molar-refractivity contribution >= 4 is 34.2 Å². The molecule has 7 heteroatoms. The molecule has 0 fully saturated rings. The van der Waals surface area contributed by atoms with Crippen LogP contribution in [0.2, 0.25) is 0 Å². The predicted octanol–water partition coefficient (Wildman–Crippen LogP) is 5.05. The molecule has 0 amide bonds. The highest BCUT2D eigenvalue weighted by Gasteiger charge is 2.33. The van der Waals surface area contributed by atoms with Crippen molar-refractivity contribution in [3.8, 4) is 5.75 Å². The van der Waals surface area contributed by atoms with E-state index in [4.69, 9.17) is 14.5 Å². The summed E-state index contributed by atoms with van der Waals surface area (Å²) in [7, 11) is 0. The van der Waals surface area contributed by atoms with Gasteiger partial charge in [0.25, 0.3) is 5.56 Å². The van der Waals surface area contributed by atoms with E-state index >= 15 is 0 Å². The number of carbonyl (C=O) groups is 1. The van der Waals surface area contributed by atoms with Crippen LogP contribution in [0.4, 0.5) is 0 Å². The molecular weight excluding hydrogens is 496 g/mol. The first-order valence-corrected chi connectivity index (χ1v) is 13.6. The molecule has 1 aliphatic rings. The number of carbonyl (C=O) groups excluding carboxylic acids is 1. The Balaban J connectivity index is 1.76. The van der Waals surface area contributed by atoms with E-state index in [0.29, 0.717) is 27.2 Å². The molecule has 0 N–H and O–H groups in total. The summed E-state index contributed by atoms with van der Waals surface area (Å²) in [6.45, 7) is 8.45. The Morgan fingerprint density at radius 3 is 2.55 bits per heavy atom. The Kier molecular flexibility index (Phi) is 7.29. The predicted molar refractivity (Wildman–Crippen MR) is 151 cm³/mol. The first kappa shape index (κ1) is 25.7. The van der Waals surface area contributed by atoms with Gasteiger partial charge in [-0.2, -0.15) is 0 Å². The molecule has 2 heterocycles. The molecule has 0 saturated carbocycles. The van der Waals surface area contributed by atoms with Crippen LogP contribution in [0.1, 0.15) is 49.9 Å². The van der Waals surface area contributed by atoms with Crippen molar-refractivity contribution in [1.82, 2.24) is 4.57 Å². The number of esters is 1. The summed E-state index contributed by atoms with van der Waals surface area (Å²) in [5.41, 5.74) is 3.51. The third-order valence-electron chi connectivity index (χ3n) is 6.58. The van der Waals surface area contributed by atoms with Crippen molar-refractivity contribution in [3.05, 3.63) is 108 Å². The number of hydrogen-bond donors (Lipinski definition) is 0. The van der Waals surface area contributed by atoms with Crippen molar-refractivity contribution in [2.45, 2.75) is 40.2 Å². The van der Waals surface area contributed by atoms with Crippen molar-refractivity contribution in [1.29, 1.82) is 0 Å². The number of thiazole rings is 1. The van der Waals surface area contributed by atoms with Crippen LogP contribution in [0.5, 0.6) is 5.75 Å². The lowest BCUT2D eigenvalue weighted by Gasteiger charge is -2.24. The van der Waals surface area contributed by atoms with Gasteiger partial charge in [0.15, 0.2) is 4.80 Å². The van der Waals surface area contributed by atoms with E-state index in [1.165, 1.54) is 11.3 Å². The molecule has 1 aromatic heterocycles. The Hall–Kier alpha value is -3.97. The van der Waals surface area contributed by atoms with E-state index in [2.05, 4.69) is 6.92 Å². The SMILES string of the molecule is CCCOc1ccc2ccccc2c1/C=c1/sc2n(c1=O)[C@H](c1ccc(C)cc1)C(C(=O)OCC)=C(C)N=2. The van der Waals surface area contributed by atoms with Gasteiger partial charge in [-0.3, -0.25) is 9.36 Å². The summed E-state index contributed by atoms with van der Waals surface area (Å²) >= 11 is 1.32. The smallest absolute Gasteiger partial charge is 0.338 e. The van der Waals surface area contributed by atoms with Gasteiger partial charge in [0, 0.05) is 5.56 Å². The molecule has 38 heavy (non-hydrogen) atoms. The van der Waals surface area contributed by atoms with Crippen LogP contribution in [-0.2, 0) is 9.53 Å². The van der Waals surface area contributed by atoms with Crippen LogP contribution in [0, 0.1) is 6.92 Å². The zero-order chi connectivity index (χ0) is 26.8. The number of benzene rings is 3. The quantitative estimate of drug-likeness (QED) is 0.316. The maximum Gasteiger partial charge on any atom is 0.338 e. The maximum atomic E-state index is 14.0.